The maximum absolute atomic E-state index is 12.0. The Morgan fingerprint density at radius 2 is 2.07 bits per heavy atom. The number of aliphatic imine (C=N–C) groups is 1. The van der Waals surface area contributed by atoms with Crippen molar-refractivity contribution >= 4 is 41.5 Å². The molecule has 1 aromatic rings. The lowest BCUT2D eigenvalue weighted by Crippen LogP contribution is -2.41. The third-order valence-corrected chi connectivity index (χ3v) is 5.95. The van der Waals surface area contributed by atoms with Gasteiger partial charge < -0.3 is 20.9 Å². The van der Waals surface area contributed by atoms with Gasteiger partial charge in [-0.1, -0.05) is 24.6 Å². The molecule has 1 aromatic carbocycles. The molecule has 1 fully saturated rings. The van der Waals surface area contributed by atoms with Crippen LogP contribution in [0.1, 0.15) is 56.9 Å². The van der Waals surface area contributed by atoms with Gasteiger partial charge in [-0.2, -0.15) is 0 Å². The molecule has 0 aliphatic carbocycles. The van der Waals surface area contributed by atoms with Gasteiger partial charge in [-0.15, -0.1) is 24.0 Å². The zero-order valence-corrected chi connectivity index (χ0v) is 20.1. The zero-order chi connectivity index (χ0) is 19.8. The predicted molar refractivity (Wildman–Crippen MR) is 131 cm³/mol. The molecule has 6 nitrogen and oxygen atoms in total. The first-order valence-electron chi connectivity index (χ1n) is 10.7. The Bertz CT molecular complexity index is 681. The fourth-order valence-corrected chi connectivity index (χ4v) is 4.26. The number of rotatable bonds is 7. The average Bonchev–Trinajstić information content (AvgIpc) is 2.71. The van der Waals surface area contributed by atoms with E-state index in [1.807, 2.05) is 18.2 Å². The zero-order valence-electron chi connectivity index (χ0n) is 17.7. The normalized spacial score (nSPS) is 22.3. The van der Waals surface area contributed by atoms with Gasteiger partial charge in [0.05, 0.1) is 0 Å². The van der Waals surface area contributed by atoms with E-state index in [4.69, 9.17) is 0 Å². The topological polar surface area (TPSA) is 68.8 Å². The van der Waals surface area contributed by atoms with Crippen molar-refractivity contribution < 1.29 is 4.79 Å². The van der Waals surface area contributed by atoms with E-state index in [0.717, 1.165) is 30.7 Å². The highest BCUT2D eigenvalue weighted by Crippen LogP contribution is 2.31. The molecule has 2 heterocycles. The summed E-state index contributed by atoms with van der Waals surface area (Å²) in [7, 11) is 1.80. The van der Waals surface area contributed by atoms with Gasteiger partial charge >= 0.3 is 0 Å². The Morgan fingerprint density at radius 3 is 2.86 bits per heavy atom. The number of nitrogens with zero attached hydrogens (tertiary/aromatic N) is 2. The second kappa shape index (κ2) is 12.4. The van der Waals surface area contributed by atoms with E-state index >= 15 is 0 Å². The highest BCUT2D eigenvalue weighted by molar-refractivity contribution is 14.0. The van der Waals surface area contributed by atoms with E-state index in [-0.39, 0.29) is 35.8 Å². The van der Waals surface area contributed by atoms with Gasteiger partial charge in [0.1, 0.15) is 0 Å². The van der Waals surface area contributed by atoms with Gasteiger partial charge in [-0.3, -0.25) is 9.79 Å². The third kappa shape index (κ3) is 7.13. The Kier molecular flexibility index (Phi) is 10.2. The first-order valence-corrected chi connectivity index (χ1v) is 10.7. The maximum Gasteiger partial charge on any atom is 0.225 e. The molecule has 0 spiro atoms. The van der Waals surface area contributed by atoms with E-state index < -0.39 is 0 Å². The van der Waals surface area contributed by atoms with Crippen molar-refractivity contribution in [3.05, 3.63) is 29.8 Å². The van der Waals surface area contributed by atoms with E-state index in [1.165, 1.54) is 44.3 Å². The maximum atomic E-state index is 12.0. The molecule has 29 heavy (non-hydrogen) atoms. The molecule has 0 aromatic heterocycles. The minimum Gasteiger partial charge on any atom is -0.356 e. The summed E-state index contributed by atoms with van der Waals surface area (Å²) in [5.41, 5.74) is 2.13. The number of piperidine rings is 1. The molecule has 2 atom stereocenters. The fourth-order valence-electron chi connectivity index (χ4n) is 4.26. The number of hydrogen-bond acceptors (Lipinski definition) is 3. The average molecular weight is 513 g/mol. The molecule has 2 unspecified atom stereocenters. The van der Waals surface area contributed by atoms with Crippen LogP contribution in [0.15, 0.2) is 29.3 Å². The Balaban J connectivity index is 0.00000300. The minimum atomic E-state index is 0. The van der Waals surface area contributed by atoms with Crippen molar-refractivity contribution in [2.24, 2.45) is 4.99 Å². The highest BCUT2D eigenvalue weighted by atomic mass is 127. The van der Waals surface area contributed by atoms with Crippen LogP contribution >= 0.6 is 24.0 Å². The Hall–Kier alpha value is -1.35. The quantitative estimate of drug-likeness (QED) is 0.226. The van der Waals surface area contributed by atoms with Gasteiger partial charge in [-0.25, -0.2) is 0 Å². The Labute approximate surface area is 192 Å². The number of nitrogens with one attached hydrogen (secondary N) is 3. The van der Waals surface area contributed by atoms with Crippen LogP contribution in [-0.4, -0.2) is 56.0 Å². The van der Waals surface area contributed by atoms with E-state index in [9.17, 15) is 4.79 Å². The number of guanidine groups is 1. The van der Waals surface area contributed by atoms with E-state index in [0.29, 0.717) is 13.0 Å². The lowest BCUT2D eigenvalue weighted by Gasteiger charge is -2.33. The lowest BCUT2D eigenvalue weighted by molar-refractivity contribution is -0.116. The third-order valence-electron chi connectivity index (χ3n) is 5.95. The summed E-state index contributed by atoms with van der Waals surface area (Å²) < 4.78 is 0. The largest absolute Gasteiger partial charge is 0.356 e. The molecule has 2 aliphatic rings. The van der Waals surface area contributed by atoms with Crippen molar-refractivity contribution in [1.82, 2.24) is 15.5 Å². The summed E-state index contributed by atoms with van der Waals surface area (Å²) in [6.07, 6.45) is 6.94. The number of hydrogen-bond donors (Lipinski definition) is 3. The van der Waals surface area contributed by atoms with Crippen LogP contribution in [0.25, 0.3) is 0 Å². The lowest BCUT2D eigenvalue weighted by atomic mass is 9.90. The SMILES string of the molecule is CN=C(NCCCCN1CCCCC1C)NCC1CC(=O)Nc2ccccc21.I. The number of benzene rings is 1. The van der Waals surface area contributed by atoms with Crippen LogP contribution in [0.2, 0.25) is 0 Å². The van der Waals surface area contributed by atoms with Crippen LogP contribution in [0.5, 0.6) is 0 Å². The van der Waals surface area contributed by atoms with Crippen molar-refractivity contribution in [3.8, 4) is 0 Å². The molecular weight excluding hydrogens is 477 g/mol. The molecule has 3 rings (SSSR count). The summed E-state index contributed by atoms with van der Waals surface area (Å²) in [4.78, 5) is 18.9. The fraction of sp³-hybridized carbons (Fsp3) is 0.636. The van der Waals surface area contributed by atoms with Crippen molar-refractivity contribution in [2.75, 3.05) is 38.5 Å². The molecule has 0 saturated carbocycles. The minimum absolute atomic E-state index is 0. The summed E-state index contributed by atoms with van der Waals surface area (Å²) in [5, 5.41) is 9.76. The summed E-state index contributed by atoms with van der Waals surface area (Å²) in [6, 6.07) is 8.79. The van der Waals surface area contributed by atoms with Crippen molar-refractivity contribution in [2.45, 2.75) is 57.4 Å². The van der Waals surface area contributed by atoms with Gasteiger partial charge in [-0.05, 0) is 57.3 Å². The predicted octanol–water partition coefficient (Wildman–Crippen LogP) is 3.55. The van der Waals surface area contributed by atoms with Crippen LogP contribution in [0.4, 0.5) is 5.69 Å². The molecule has 1 saturated heterocycles. The smallest absolute Gasteiger partial charge is 0.225 e. The number of fused-ring (bicyclic) bond motifs is 1. The van der Waals surface area contributed by atoms with Gasteiger partial charge in [0.25, 0.3) is 0 Å². The summed E-state index contributed by atoms with van der Waals surface area (Å²) in [5.74, 6) is 1.07. The van der Waals surface area contributed by atoms with Gasteiger partial charge in [0.15, 0.2) is 5.96 Å². The molecule has 0 bridgehead atoms. The van der Waals surface area contributed by atoms with Crippen LogP contribution < -0.4 is 16.0 Å². The first-order chi connectivity index (χ1) is 13.7. The van der Waals surface area contributed by atoms with E-state index in [1.54, 1.807) is 7.05 Å². The summed E-state index contributed by atoms with van der Waals surface area (Å²) >= 11 is 0. The number of para-hydroxylation sites is 1. The molecular formula is C22H36IN5O. The second-order valence-electron chi connectivity index (χ2n) is 8.00. The first kappa shape index (κ1) is 23.9. The van der Waals surface area contributed by atoms with Crippen LogP contribution in [0, 0.1) is 0 Å². The second-order valence-corrected chi connectivity index (χ2v) is 8.00. The highest BCUT2D eigenvalue weighted by Gasteiger charge is 2.24. The Morgan fingerprint density at radius 1 is 1.24 bits per heavy atom. The van der Waals surface area contributed by atoms with Crippen molar-refractivity contribution in [3.63, 3.8) is 0 Å². The number of carbonyl (C=O) groups excluding carboxylic acids is 1. The molecule has 1 amide bonds. The monoisotopic (exact) mass is 513 g/mol. The molecule has 3 N–H and O–H groups in total. The number of likely N-dealkylation sites (tertiary alicyclic amines) is 1. The number of halogens is 1. The van der Waals surface area contributed by atoms with Gasteiger partial charge in [0.2, 0.25) is 5.91 Å². The summed E-state index contributed by atoms with van der Waals surface area (Å²) in [6.45, 7) is 6.43. The van der Waals surface area contributed by atoms with E-state index in [2.05, 4.69) is 38.8 Å². The molecule has 2 aliphatic heterocycles. The standard InChI is InChI=1S/C22H35N5O.HI/c1-17-9-5-7-13-27(17)14-8-6-12-24-22(23-2)25-16-18-15-21(28)26-20-11-4-3-10-19(18)20;/h3-4,10-11,17-18H,5-9,12-16H2,1-2H3,(H,26,28)(H2,23,24,25);1H. The molecule has 162 valence electrons. The number of amides is 1. The van der Waals surface area contributed by atoms with Crippen LogP contribution in [-0.2, 0) is 4.79 Å². The molecule has 7 heteroatoms. The number of carbonyl (C=O) groups is 1. The number of unbranched alkanes of at least 4 members (excludes halogenated alkanes) is 1. The van der Waals surface area contributed by atoms with Crippen molar-refractivity contribution in [1.29, 1.82) is 0 Å². The number of anilines is 1. The van der Waals surface area contributed by atoms with Gasteiger partial charge in [0, 0.05) is 44.2 Å². The van der Waals surface area contributed by atoms with Crippen LogP contribution in [0.3, 0.4) is 0 Å². The molecule has 0 radical (unpaired) electrons.